The average molecular weight is 445 g/mol. The van der Waals surface area contributed by atoms with E-state index >= 15 is 0 Å². The second-order valence-corrected chi connectivity index (χ2v) is 10.0. The normalized spacial score (nSPS) is 20.7. The molecule has 1 aromatic carbocycles. The number of rotatable bonds is 3. The molecule has 1 amide bonds. The van der Waals surface area contributed by atoms with Crippen molar-refractivity contribution in [2.45, 2.75) is 64.6 Å². The van der Waals surface area contributed by atoms with Crippen LogP contribution in [0.2, 0.25) is 0 Å². The first-order valence-electron chi connectivity index (χ1n) is 11.5. The van der Waals surface area contributed by atoms with Gasteiger partial charge in [0.1, 0.15) is 5.39 Å². The number of benzene rings is 1. The number of H-pyrrole nitrogens is 1. The standard InChI is InChI=1S/C25H28N6O2/c1-25(2,3)30-14-16-12-17(8-9-18(16)24(30)33)28-22-21-20(10-11-27-23(21)32)31(29-22)19-7-5-4-6-15(19)13-26/h8-12,15,19H,4-7,14H2,1-3H3,(H,27,32)(H,28,29). The van der Waals surface area contributed by atoms with Gasteiger partial charge in [-0.2, -0.15) is 10.4 Å². The minimum Gasteiger partial charge on any atom is -0.338 e. The zero-order valence-corrected chi connectivity index (χ0v) is 19.2. The van der Waals surface area contributed by atoms with Crippen LogP contribution in [0, 0.1) is 17.2 Å². The Morgan fingerprint density at radius 2 is 1.97 bits per heavy atom. The summed E-state index contributed by atoms with van der Waals surface area (Å²) in [7, 11) is 0. The second-order valence-electron chi connectivity index (χ2n) is 10.0. The number of hydrogen-bond acceptors (Lipinski definition) is 5. The first kappa shape index (κ1) is 21.3. The van der Waals surface area contributed by atoms with Crippen LogP contribution in [0.1, 0.15) is 68.4 Å². The first-order valence-corrected chi connectivity index (χ1v) is 11.5. The van der Waals surface area contributed by atoms with Crippen molar-refractivity contribution >= 4 is 28.3 Å². The van der Waals surface area contributed by atoms with Crippen molar-refractivity contribution in [3.63, 3.8) is 0 Å². The summed E-state index contributed by atoms with van der Waals surface area (Å²) in [5.74, 6) is 0.379. The van der Waals surface area contributed by atoms with E-state index in [9.17, 15) is 14.9 Å². The van der Waals surface area contributed by atoms with E-state index < -0.39 is 0 Å². The smallest absolute Gasteiger partial charge is 0.261 e. The van der Waals surface area contributed by atoms with Crippen LogP contribution in [-0.2, 0) is 6.54 Å². The molecule has 1 saturated carbocycles. The molecule has 2 atom stereocenters. The fraction of sp³-hybridized carbons (Fsp3) is 0.440. The first-order chi connectivity index (χ1) is 15.8. The lowest BCUT2D eigenvalue weighted by molar-refractivity contribution is 0.0609. The van der Waals surface area contributed by atoms with Crippen LogP contribution >= 0.6 is 0 Å². The monoisotopic (exact) mass is 444 g/mol. The zero-order chi connectivity index (χ0) is 23.3. The van der Waals surface area contributed by atoms with Gasteiger partial charge in [0.15, 0.2) is 5.82 Å². The van der Waals surface area contributed by atoms with Crippen LogP contribution in [0.5, 0.6) is 0 Å². The average Bonchev–Trinajstić information content (AvgIpc) is 3.32. The molecule has 1 aliphatic heterocycles. The number of carbonyl (C=O) groups is 1. The van der Waals surface area contributed by atoms with Gasteiger partial charge in [0.25, 0.3) is 11.5 Å². The maximum absolute atomic E-state index is 12.8. The van der Waals surface area contributed by atoms with E-state index in [-0.39, 0.29) is 29.0 Å². The van der Waals surface area contributed by atoms with Crippen molar-refractivity contribution < 1.29 is 4.79 Å². The molecule has 1 aliphatic carbocycles. The molecule has 0 radical (unpaired) electrons. The number of aromatic nitrogens is 3. The van der Waals surface area contributed by atoms with Gasteiger partial charge in [-0.15, -0.1) is 0 Å². The third-order valence-corrected chi connectivity index (χ3v) is 6.82. The Morgan fingerprint density at radius 3 is 2.73 bits per heavy atom. The molecule has 170 valence electrons. The lowest BCUT2D eigenvalue weighted by Gasteiger charge is -2.31. The molecule has 3 aromatic rings. The largest absolute Gasteiger partial charge is 0.338 e. The summed E-state index contributed by atoms with van der Waals surface area (Å²) in [4.78, 5) is 30.2. The van der Waals surface area contributed by atoms with Gasteiger partial charge >= 0.3 is 0 Å². The molecule has 33 heavy (non-hydrogen) atoms. The van der Waals surface area contributed by atoms with Crippen LogP contribution < -0.4 is 10.9 Å². The van der Waals surface area contributed by atoms with Crippen molar-refractivity contribution in [1.82, 2.24) is 19.7 Å². The molecule has 0 bridgehead atoms. The summed E-state index contributed by atoms with van der Waals surface area (Å²) in [5, 5.41) is 18.3. The summed E-state index contributed by atoms with van der Waals surface area (Å²) in [6.07, 6.45) is 5.42. The molecule has 8 heteroatoms. The summed E-state index contributed by atoms with van der Waals surface area (Å²) in [6, 6.07) is 9.87. The Labute approximate surface area is 192 Å². The van der Waals surface area contributed by atoms with Crippen molar-refractivity contribution in [2.24, 2.45) is 5.92 Å². The quantitative estimate of drug-likeness (QED) is 0.619. The maximum Gasteiger partial charge on any atom is 0.261 e. The molecule has 8 nitrogen and oxygen atoms in total. The van der Waals surface area contributed by atoms with Crippen LogP contribution in [0.15, 0.2) is 35.3 Å². The Balaban J connectivity index is 1.53. The fourth-order valence-corrected chi connectivity index (χ4v) is 5.07. The van der Waals surface area contributed by atoms with Crippen LogP contribution in [0.25, 0.3) is 10.9 Å². The van der Waals surface area contributed by atoms with Crippen LogP contribution in [0.3, 0.4) is 0 Å². The van der Waals surface area contributed by atoms with Crippen molar-refractivity contribution in [3.05, 3.63) is 51.9 Å². The number of carbonyl (C=O) groups excluding carboxylic acids is 1. The highest BCUT2D eigenvalue weighted by Crippen LogP contribution is 2.37. The van der Waals surface area contributed by atoms with Gasteiger partial charge in [-0.25, -0.2) is 0 Å². The molecular weight excluding hydrogens is 416 g/mol. The van der Waals surface area contributed by atoms with Crippen molar-refractivity contribution in [1.29, 1.82) is 5.26 Å². The molecule has 0 saturated heterocycles. The number of nitriles is 1. The molecule has 2 aromatic heterocycles. The number of nitrogens with one attached hydrogen (secondary N) is 2. The number of amides is 1. The zero-order valence-electron chi connectivity index (χ0n) is 19.2. The summed E-state index contributed by atoms with van der Waals surface area (Å²) in [5.41, 5.74) is 2.68. The number of pyridine rings is 1. The van der Waals surface area contributed by atoms with E-state index in [4.69, 9.17) is 5.10 Å². The molecule has 2 unspecified atom stereocenters. The SMILES string of the molecule is CC(C)(C)N1Cc2cc(Nc3nn(C4CCCCC4C#N)c4cc[nH]c(=O)c34)ccc2C1=O. The molecule has 1 fully saturated rings. The number of nitrogens with zero attached hydrogens (tertiary/aromatic N) is 4. The van der Waals surface area contributed by atoms with E-state index in [2.05, 4.69) is 16.4 Å². The van der Waals surface area contributed by atoms with E-state index in [1.54, 1.807) is 6.20 Å². The van der Waals surface area contributed by atoms with Gasteiger partial charge in [0.2, 0.25) is 0 Å². The number of aromatic amines is 1. The second kappa shape index (κ2) is 7.77. The van der Waals surface area contributed by atoms with Gasteiger partial charge in [-0.1, -0.05) is 12.8 Å². The van der Waals surface area contributed by atoms with Crippen molar-refractivity contribution in [3.8, 4) is 6.07 Å². The van der Waals surface area contributed by atoms with Gasteiger partial charge in [0.05, 0.1) is 23.5 Å². The fourth-order valence-electron chi connectivity index (χ4n) is 5.07. The highest BCUT2D eigenvalue weighted by molar-refractivity contribution is 5.99. The number of fused-ring (bicyclic) bond motifs is 2. The van der Waals surface area contributed by atoms with Gasteiger partial charge < -0.3 is 15.2 Å². The molecular formula is C25H28N6O2. The number of anilines is 2. The highest BCUT2D eigenvalue weighted by atomic mass is 16.2. The maximum atomic E-state index is 12.8. The van der Waals surface area contributed by atoms with Crippen LogP contribution in [0.4, 0.5) is 11.5 Å². The summed E-state index contributed by atoms with van der Waals surface area (Å²) in [6.45, 7) is 6.64. The topological polar surface area (TPSA) is 107 Å². The van der Waals surface area contributed by atoms with Gasteiger partial charge in [0, 0.05) is 29.5 Å². The minimum absolute atomic E-state index is 0.0371. The molecule has 2 aliphatic rings. The van der Waals surface area contributed by atoms with Crippen molar-refractivity contribution in [2.75, 3.05) is 5.32 Å². The van der Waals surface area contributed by atoms with E-state index in [1.165, 1.54) is 0 Å². The molecule has 2 N–H and O–H groups in total. The molecule has 3 heterocycles. The molecule has 0 spiro atoms. The predicted molar refractivity (Wildman–Crippen MR) is 126 cm³/mol. The third kappa shape index (κ3) is 3.58. The van der Waals surface area contributed by atoms with Gasteiger partial charge in [-0.05, 0) is 63.4 Å². The summed E-state index contributed by atoms with van der Waals surface area (Å²) < 4.78 is 1.86. The Morgan fingerprint density at radius 1 is 1.18 bits per heavy atom. The third-order valence-electron chi connectivity index (χ3n) is 6.82. The van der Waals surface area contributed by atoms with E-state index in [1.807, 2.05) is 54.6 Å². The van der Waals surface area contributed by atoms with Crippen LogP contribution in [-0.4, -0.2) is 31.1 Å². The highest BCUT2D eigenvalue weighted by Gasteiger charge is 2.35. The Bertz CT molecular complexity index is 1340. The number of hydrogen-bond donors (Lipinski definition) is 2. The van der Waals surface area contributed by atoms with E-state index in [0.717, 1.165) is 42.5 Å². The van der Waals surface area contributed by atoms with Gasteiger partial charge in [-0.3, -0.25) is 14.3 Å². The summed E-state index contributed by atoms with van der Waals surface area (Å²) >= 11 is 0. The lowest BCUT2D eigenvalue weighted by atomic mass is 9.85. The lowest BCUT2D eigenvalue weighted by Crippen LogP contribution is -2.41. The predicted octanol–water partition coefficient (Wildman–Crippen LogP) is 4.48. The Hall–Kier alpha value is -3.60. The Kier molecular flexibility index (Phi) is 5.00. The molecule has 5 rings (SSSR count). The van der Waals surface area contributed by atoms with E-state index in [0.29, 0.717) is 23.3 Å². The minimum atomic E-state index is -0.261.